The van der Waals surface area contributed by atoms with E-state index in [-0.39, 0.29) is 18.0 Å². The summed E-state index contributed by atoms with van der Waals surface area (Å²) in [5, 5.41) is 11.2. The van der Waals surface area contributed by atoms with Crippen LogP contribution in [-0.4, -0.2) is 22.6 Å². The number of hydrogen-bond donors (Lipinski definition) is 4. The van der Waals surface area contributed by atoms with Crippen LogP contribution in [0.15, 0.2) is 23.0 Å². The number of rotatable bonds is 5. The molecule has 6 heteroatoms. The summed E-state index contributed by atoms with van der Waals surface area (Å²) in [5.41, 5.74) is 3.53. The van der Waals surface area contributed by atoms with E-state index in [2.05, 4.69) is 20.8 Å². The van der Waals surface area contributed by atoms with Crippen LogP contribution in [0.5, 0.6) is 0 Å². The SMILES string of the molecule is CCNc1cccc(C(=O)NCc2c(C)[nH][nH]c2=O)c1C. The summed E-state index contributed by atoms with van der Waals surface area (Å²) >= 11 is 0. The van der Waals surface area contributed by atoms with Gasteiger partial charge in [-0.2, -0.15) is 0 Å². The van der Waals surface area contributed by atoms with Crippen LogP contribution < -0.4 is 16.2 Å². The van der Waals surface area contributed by atoms with Gasteiger partial charge in [0.15, 0.2) is 0 Å². The number of nitrogens with one attached hydrogen (secondary N) is 4. The molecule has 0 aliphatic heterocycles. The van der Waals surface area contributed by atoms with Crippen molar-refractivity contribution >= 4 is 11.6 Å². The number of H-pyrrole nitrogens is 2. The topological polar surface area (TPSA) is 89.8 Å². The maximum atomic E-state index is 12.3. The first-order chi connectivity index (χ1) is 10.0. The van der Waals surface area contributed by atoms with E-state index in [4.69, 9.17) is 0 Å². The smallest absolute Gasteiger partial charge is 0.269 e. The van der Waals surface area contributed by atoms with E-state index in [1.165, 1.54) is 0 Å². The summed E-state index contributed by atoms with van der Waals surface area (Å²) < 4.78 is 0. The van der Waals surface area contributed by atoms with Crippen LogP contribution in [0.25, 0.3) is 0 Å². The summed E-state index contributed by atoms with van der Waals surface area (Å²) in [7, 11) is 0. The van der Waals surface area contributed by atoms with Crippen molar-refractivity contribution in [1.29, 1.82) is 0 Å². The Hall–Kier alpha value is -2.50. The highest BCUT2D eigenvalue weighted by molar-refractivity contribution is 5.97. The van der Waals surface area contributed by atoms with Crippen molar-refractivity contribution in [2.24, 2.45) is 0 Å². The number of aromatic amines is 2. The summed E-state index contributed by atoms with van der Waals surface area (Å²) in [6, 6.07) is 5.56. The van der Waals surface area contributed by atoms with Gasteiger partial charge in [-0.05, 0) is 38.5 Å². The molecule has 0 bridgehead atoms. The molecule has 1 aromatic heterocycles. The summed E-state index contributed by atoms with van der Waals surface area (Å²) in [4.78, 5) is 23.8. The molecule has 0 saturated carbocycles. The second kappa shape index (κ2) is 6.30. The van der Waals surface area contributed by atoms with Gasteiger partial charge < -0.3 is 15.7 Å². The number of carbonyl (C=O) groups is 1. The van der Waals surface area contributed by atoms with E-state index in [0.29, 0.717) is 11.1 Å². The van der Waals surface area contributed by atoms with Crippen molar-refractivity contribution in [3.05, 3.63) is 50.9 Å². The van der Waals surface area contributed by atoms with E-state index in [1.807, 2.05) is 26.0 Å². The molecule has 2 aromatic rings. The Morgan fingerprint density at radius 2 is 2.00 bits per heavy atom. The molecule has 21 heavy (non-hydrogen) atoms. The third-order valence-corrected chi connectivity index (χ3v) is 3.46. The van der Waals surface area contributed by atoms with Crippen molar-refractivity contribution in [2.45, 2.75) is 27.3 Å². The maximum Gasteiger partial charge on any atom is 0.269 e. The van der Waals surface area contributed by atoms with Gasteiger partial charge in [0.2, 0.25) is 0 Å². The number of hydrogen-bond acceptors (Lipinski definition) is 3. The zero-order valence-electron chi connectivity index (χ0n) is 12.5. The predicted octanol–water partition coefficient (Wildman–Crippen LogP) is 1.68. The molecule has 0 unspecified atom stereocenters. The minimum atomic E-state index is -0.203. The van der Waals surface area contributed by atoms with Gasteiger partial charge >= 0.3 is 0 Å². The largest absolute Gasteiger partial charge is 0.385 e. The van der Waals surface area contributed by atoms with Gasteiger partial charge in [0.25, 0.3) is 11.5 Å². The molecule has 1 amide bonds. The van der Waals surface area contributed by atoms with E-state index in [1.54, 1.807) is 13.0 Å². The number of amides is 1. The molecule has 112 valence electrons. The van der Waals surface area contributed by atoms with Gasteiger partial charge in [-0.25, -0.2) is 0 Å². The average molecular weight is 288 g/mol. The van der Waals surface area contributed by atoms with Crippen LogP contribution in [0, 0.1) is 13.8 Å². The lowest BCUT2D eigenvalue weighted by molar-refractivity contribution is 0.0950. The van der Waals surface area contributed by atoms with Crippen molar-refractivity contribution < 1.29 is 4.79 Å². The third-order valence-electron chi connectivity index (χ3n) is 3.46. The second-order valence-electron chi connectivity index (χ2n) is 4.87. The van der Waals surface area contributed by atoms with Crippen molar-refractivity contribution in [1.82, 2.24) is 15.5 Å². The molecule has 0 saturated heterocycles. The fourth-order valence-electron chi connectivity index (χ4n) is 2.21. The Balaban J connectivity index is 2.14. The first-order valence-corrected chi connectivity index (χ1v) is 6.92. The van der Waals surface area contributed by atoms with Gasteiger partial charge in [-0.15, -0.1) is 0 Å². The fourth-order valence-corrected chi connectivity index (χ4v) is 2.21. The molecule has 0 aliphatic carbocycles. The van der Waals surface area contributed by atoms with Gasteiger partial charge in [-0.3, -0.25) is 14.7 Å². The van der Waals surface area contributed by atoms with Gasteiger partial charge in [0, 0.05) is 23.5 Å². The van der Waals surface area contributed by atoms with Crippen LogP contribution in [0.4, 0.5) is 5.69 Å². The highest BCUT2D eigenvalue weighted by atomic mass is 16.2. The molecule has 6 nitrogen and oxygen atoms in total. The van der Waals surface area contributed by atoms with Crippen LogP contribution >= 0.6 is 0 Å². The maximum absolute atomic E-state index is 12.3. The Labute approximate surface area is 122 Å². The molecule has 0 fully saturated rings. The first-order valence-electron chi connectivity index (χ1n) is 6.92. The van der Waals surface area contributed by atoms with Crippen LogP contribution in [0.2, 0.25) is 0 Å². The molecule has 0 atom stereocenters. The molecule has 2 rings (SSSR count). The summed E-state index contributed by atoms with van der Waals surface area (Å²) in [5.74, 6) is -0.188. The van der Waals surface area contributed by atoms with Crippen molar-refractivity contribution in [3.8, 4) is 0 Å². The van der Waals surface area contributed by atoms with Gasteiger partial charge in [0.1, 0.15) is 0 Å². The molecular formula is C15H20N4O2. The summed E-state index contributed by atoms with van der Waals surface area (Å²) in [6.45, 7) is 6.70. The standard InChI is InChI=1S/C15H20N4O2/c1-4-16-13-7-5-6-11(9(13)2)14(20)17-8-12-10(3)18-19-15(12)21/h5-7,16H,4,8H2,1-3H3,(H,17,20)(H2,18,19,21). The highest BCUT2D eigenvalue weighted by Crippen LogP contribution is 2.18. The highest BCUT2D eigenvalue weighted by Gasteiger charge is 2.13. The van der Waals surface area contributed by atoms with Crippen molar-refractivity contribution in [2.75, 3.05) is 11.9 Å². The van der Waals surface area contributed by atoms with E-state index >= 15 is 0 Å². The monoisotopic (exact) mass is 288 g/mol. The van der Waals surface area contributed by atoms with Gasteiger partial charge in [-0.1, -0.05) is 6.07 Å². The van der Waals surface area contributed by atoms with Gasteiger partial charge in [0.05, 0.1) is 12.1 Å². The minimum absolute atomic E-state index is 0.188. The molecule has 0 aliphatic rings. The number of anilines is 1. The van der Waals surface area contributed by atoms with Crippen LogP contribution in [0.3, 0.4) is 0 Å². The molecular weight excluding hydrogens is 268 g/mol. The zero-order valence-corrected chi connectivity index (χ0v) is 12.5. The number of carbonyl (C=O) groups excluding carboxylic acids is 1. The number of benzene rings is 1. The number of aryl methyl sites for hydroxylation is 1. The Kier molecular flexibility index (Phi) is 4.47. The lowest BCUT2D eigenvalue weighted by atomic mass is 10.1. The Bertz CT molecular complexity index is 700. The van der Waals surface area contributed by atoms with E-state index in [0.717, 1.165) is 23.5 Å². The first kappa shape index (κ1) is 14.9. The number of aromatic nitrogens is 2. The van der Waals surface area contributed by atoms with E-state index in [9.17, 15) is 9.59 Å². The molecule has 0 spiro atoms. The quantitative estimate of drug-likeness (QED) is 0.675. The average Bonchev–Trinajstić information content (AvgIpc) is 2.78. The minimum Gasteiger partial charge on any atom is -0.385 e. The van der Waals surface area contributed by atoms with Crippen molar-refractivity contribution in [3.63, 3.8) is 0 Å². The lowest BCUT2D eigenvalue weighted by Gasteiger charge is -2.12. The lowest BCUT2D eigenvalue weighted by Crippen LogP contribution is -2.26. The Morgan fingerprint density at radius 3 is 2.62 bits per heavy atom. The Morgan fingerprint density at radius 1 is 1.24 bits per heavy atom. The summed E-state index contributed by atoms with van der Waals surface area (Å²) in [6.07, 6.45) is 0. The second-order valence-corrected chi connectivity index (χ2v) is 4.87. The van der Waals surface area contributed by atoms with Crippen LogP contribution in [0.1, 0.15) is 34.1 Å². The predicted molar refractivity (Wildman–Crippen MR) is 82.7 cm³/mol. The van der Waals surface area contributed by atoms with Crippen LogP contribution in [-0.2, 0) is 6.54 Å². The molecule has 1 heterocycles. The molecule has 0 radical (unpaired) electrons. The fraction of sp³-hybridized carbons (Fsp3) is 0.333. The van der Waals surface area contributed by atoms with E-state index < -0.39 is 0 Å². The molecule has 1 aromatic carbocycles. The zero-order chi connectivity index (χ0) is 15.4. The molecule has 4 N–H and O–H groups in total. The normalized spacial score (nSPS) is 10.4. The third kappa shape index (κ3) is 3.16.